The molecule has 86 valence electrons. The molecule has 3 nitrogen and oxygen atoms in total. The summed E-state index contributed by atoms with van der Waals surface area (Å²) in [7, 11) is 2.08. The first kappa shape index (κ1) is 10.3. The van der Waals surface area contributed by atoms with E-state index in [-0.39, 0.29) is 6.10 Å². The van der Waals surface area contributed by atoms with Crippen molar-refractivity contribution in [3.63, 3.8) is 0 Å². The lowest BCUT2D eigenvalue weighted by atomic mass is 10.1. The molecule has 3 rings (SSSR count). The van der Waals surface area contributed by atoms with Crippen LogP contribution in [0.15, 0.2) is 30.3 Å². The van der Waals surface area contributed by atoms with Gasteiger partial charge in [0.15, 0.2) is 0 Å². The van der Waals surface area contributed by atoms with Gasteiger partial charge in [-0.1, -0.05) is 30.3 Å². The quantitative estimate of drug-likeness (QED) is 0.722. The van der Waals surface area contributed by atoms with Gasteiger partial charge in [0, 0.05) is 13.0 Å². The fourth-order valence-corrected chi connectivity index (χ4v) is 2.57. The molecule has 0 N–H and O–H groups in total. The van der Waals surface area contributed by atoms with Crippen molar-refractivity contribution in [2.75, 3.05) is 20.2 Å². The topological polar surface area (TPSA) is 21.7 Å². The molecule has 1 aromatic carbocycles. The molecule has 3 heteroatoms. The van der Waals surface area contributed by atoms with Gasteiger partial charge >= 0.3 is 0 Å². The number of ether oxygens (including phenoxy) is 2. The molecule has 2 fully saturated rings. The maximum absolute atomic E-state index is 6.11. The molecule has 2 heterocycles. The molecule has 1 unspecified atom stereocenters. The predicted molar refractivity (Wildman–Crippen MR) is 60.8 cm³/mol. The maximum atomic E-state index is 6.11. The van der Waals surface area contributed by atoms with E-state index in [1.165, 1.54) is 5.56 Å². The number of nitrogens with zero attached hydrogens (tertiary/aromatic N) is 1. The van der Waals surface area contributed by atoms with Crippen molar-refractivity contribution < 1.29 is 9.47 Å². The Kier molecular flexibility index (Phi) is 2.46. The minimum atomic E-state index is -0.444. The number of hydrogen-bond acceptors (Lipinski definition) is 3. The predicted octanol–water partition coefficient (Wildman–Crippen LogP) is 2.15. The van der Waals surface area contributed by atoms with Gasteiger partial charge in [-0.2, -0.15) is 0 Å². The highest BCUT2D eigenvalue weighted by Crippen LogP contribution is 2.41. The third kappa shape index (κ3) is 1.56. The van der Waals surface area contributed by atoms with E-state index in [0.717, 1.165) is 26.0 Å². The molecule has 0 radical (unpaired) electrons. The molecule has 0 aliphatic carbocycles. The summed E-state index contributed by atoms with van der Waals surface area (Å²) in [6.07, 6.45) is 2.21. The number of benzene rings is 1. The number of rotatable bonds is 1. The summed E-state index contributed by atoms with van der Waals surface area (Å²) in [5.41, 5.74) is 1.24. The fourth-order valence-electron chi connectivity index (χ4n) is 2.57. The van der Waals surface area contributed by atoms with E-state index in [4.69, 9.17) is 9.47 Å². The molecule has 1 aromatic rings. The third-order valence-electron chi connectivity index (χ3n) is 3.48. The second-order valence-electron chi connectivity index (χ2n) is 4.56. The van der Waals surface area contributed by atoms with Crippen LogP contribution >= 0.6 is 0 Å². The summed E-state index contributed by atoms with van der Waals surface area (Å²) in [5, 5.41) is 0. The number of hydrogen-bond donors (Lipinski definition) is 0. The molecule has 0 aromatic heterocycles. The van der Waals surface area contributed by atoms with Crippen LogP contribution < -0.4 is 0 Å². The first-order chi connectivity index (χ1) is 7.80. The molecule has 0 saturated carbocycles. The fraction of sp³-hybridized carbons (Fsp3) is 0.538. The lowest BCUT2D eigenvalue weighted by Gasteiger charge is -2.28. The van der Waals surface area contributed by atoms with Crippen molar-refractivity contribution in [2.45, 2.75) is 24.9 Å². The Morgan fingerprint density at radius 2 is 2.12 bits per heavy atom. The zero-order chi connectivity index (χ0) is 11.0. The zero-order valence-electron chi connectivity index (χ0n) is 9.56. The lowest BCUT2D eigenvalue weighted by Crippen LogP contribution is -2.41. The van der Waals surface area contributed by atoms with Gasteiger partial charge in [-0.05, 0) is 19.0 Å². The van der Waals surface area contributed by atoms with Crippen LogP contribution in [-0.2, 0) is 9.47 Å². The van der Waals surface area contributed by atoms with E-state index in [9.17, 15) is 0 Å². The second-order valence-corrected chi connectivity index (χ2v) is 4.56. The van der Waals surface area contributed by atoms with E-state index in [2.05, 4.69) is 36.2 Å². The summed E-state index contributed by atoms with van der Waals surface area (Å²) in [6.45, 7) is 1.72. The van der Waals surface area contributed by atoms with Crippen molar-refractivity contribution in [3.8, 4) is 0 Å². The Bertz CT molecular complexity index is 359. The highest BCUT2D eigenvalue weighted by molar-refractivity contribution is 5.19. The smallest absolute Gasteiger partial charge is 0.230 e. The normalized spacial score (nSPS) is 34.9. The van der Waals surface area contributed by atoms with Crippen LogP contribution in [0.5, 0.6) is 0 Å². The van der Waals surface area contributed by atoms with Gasteiger partial charge in [0.1, 0.15) is 6.10 Å². The van der Waals surface area contributed by atoms with Crippen LogP contribution in [0.4, 0.5) is 0 Å². The highest BCUT2D eigenvalue weighted by atomic mass is 16.7. The molecule has 2 aliphatic rings. The summed E-state index contributed by atoms with van der Waals surface area (Å²) in [4.78, 5) is 2.19. The first-order valence-corrected chi connectivity index (χ1v) is 5.88. The third-order valence-corrected chi connectivity index (χ3v) is 3.48. The van der Waals surface area contributed by atoms with Gasteiger partial charge < -0.3 is 9.47 Å². The van der Waals surface area contributed by atoms with Crippen LogP contribution in [0.25, 0.3) is 0 Å². The first-order valence-electron chi connectivity index (χ1n) is 5.88. The van der Waals surface area contributed by atoms with Crippen LogP contribution in [0.1, 0.15) is 24.5 Å². The van der Waals surface area contributed by atoms with Gasteiger partial charge in [0.05, 0.1) is 6.61 Å². The largest absolute Gasteiger partial charge is 0.337 e. The van der Waals surface area contributed by atoms with E-state index in [0.29, 0.717) is 0 Å². The van der Waals surface area contributed by atoms with Crippen LogP contribution in [-0.4, -0.2) is 31.0 Å². The molecule has 0 amide bonds. The standard InChI is InChI=1S/C13H17NO2/c1-14-10-12(11-6-3-2-4-7-11)16-13(14)8-5-9-15-13/h2-4,6-7,12H,5,8-10H2,1H3/t12-,13?/m1/s1. The summed E-state index contributed by atoms with van der Waals surface area (Å²) in [6, 6.07) is 10.4. The summed E-state index contributed by atoms with van der Waals surface area (Å²) in [5.74, 6) is -0.444. The van der Waals surface area contributed by atoms with E-state index >= 15 is 0 Å². The van der Waals surface area contributed by atoms with Gasteiger partial charge in [-0.25, -0.2) is 0 Å². The van der Waals surface area contributed by atoms with Gasteiger partial charge in [0.25, 0.3) is 0 Å². The molecule has 0 bridgehead atoms. The zero-order valence-corrected chi connectivity index (χ0v) is 9.56. The Hall–Kier alpha value is -0.900. The minimum Gasteiger partial charge on any atom is -0.337 e. The Balaban J connectivity index is 1.82. The van der Waals surface area contributed by atoms with Gasteiger partial charge in [-0.3, -0.25) is 4.90 Å². The molecule has 2 aliphatic heterocycles. The summed E-state index contributed by atoms with van der Waals surface area (Å²) < 4.78 is 11.9. The van der Waals surface area contributed by atoms with E-state index in [1.807, 2.05) is 6.07 Å². The lowest BCUT2D eigenvalue weighted by molar-refractivity contribution is -0.255. The van der Waals surface area contributed by atoms with Crippen molar-refractivity contribution in [2.24, 2.45) is 0 Å². The Morgan fingerprint density at radius 3 is 2.81 bits per heavy atom. The monoisotopic (exact) mass is 219 g/mol. The Labute approximate surface area is 96.0 Å². The Morgan fingerprint density at radius 1 is 1.31 bits per heavy atom. The molecule has 16 heavy (non-hydrogen) atoms. The SMILES string of the molecule is CN1C[C@H](c2ccccc2)OC12CCCO2. The van der Waals surface area contributed by atoms with Crippen molar-refractivity contribution in [1.29, 1.82) is 0 Å². The van der Waals surface area contributed by atoms with Gasteiger partial charge in [0.2, 0.25) is 5.91 Å². The molecular formula is C13H17NO2. The molecular weight excluding hydrogens is 202 g/mol. The van der Waals surface area contributed by atoms with Crippen molar-refractivity contribution in [3.05, 3.63) is 35.9 Å². The van der Waals surface area contributed by atoms with Crippen LogP contribution in [0, 0.1) is 0 Å². The molecule has 1 spiro atoms. The van der Waals surface area contributed by atoms with Crippen molar-refractivity contribution >= 4 is 0 Å². The van der Waals surface area contributed by atoms with Crippen molar-refractivity contribution in [1.82, 2.24) is 4.90 Å². The second kappa shape index (κ2) is 3.84. The summed E-state index contributed by atoms with van der Waals surface area (Å²) >= 11 is 0. The van der Waals surface area contributed by atoms with E-state index < -0.39 is 5.91 Å². The van der Waals surface area contributed by atoms with E-state index in [1.54, 1.807) is 0 Å². The van der Waals surface area contributed by atoms with Gasteiger partial charge in [-0.15, -0.1) is 0 Å². The maximum Gasteiger partial charge on any atom is 0.230 e. The highest BCUT2D eigenvalue weighted by Gasteiger charge is 2.48. The minimum absolute atomic E-state index is 0.143. The van der Waals surface area contributed by atoms with Crippen LogP contribution in [0.3, 0.4) is 0 Å². The number of likely N-dealkylation sites (N-methyl/N-ethyl adjacent to an activating group) is 1. The molecule has 2 atom stereocenters. The van der Waals surface area contributed by atoms with Crippen LogP contribution in [0.2, 0.25) is 0 Å². The average Bonchev–Trinajstić information content (AvgIpc) is 2.91. The molecule has 2 saturated heterocycles. The average molecular weight is 219 g/mol.